The molecule has 8 heteroatoms. The van der Waals surface area contributed by atoms with Crippen molar-refractivity contribution in [1.82, 2.24) is 4.98 Å². The standard InChI is InChI=1S/C15H11N3O5/c1-7-10(5-16)13(20)18-14(21)11(7)6-17-8-2-3-9(15(22)23)12(19)4-8/h2-4,6,19H,1H3,(H,22,23)(H2,18,20,21)/p-1. The molecule has 0 spiro atoms. The summed E-state index contributed by atoms with van der Waals surface area (Å²) in [5.74, 6) is -2.50. The van der Waals surface area contributed by atoms with Crippen LogP contribution in [0.2, 0.25) is 0 Å². The van der Waals surface area contributed by atoms with Gasteiger partial charge in [-0.2, -0.15) is 5.26 Å². The van der Waals surface area contributed by atoms with E-state index in [1.807, 2.05) is 0 Å². The number of rotatable bonds is 3. The van der Waals surface area contributed by atoms with Crippen molar-refractivity contribution in [2.45, 2.75) is 6.92 Å². The minimum atomic E-state index is -1.33. The molecule has 8 nitrogen and oxygen atoms in total. The molecular weight excluding hydrogens is 302 g/mol. The monoisotopic (exact) mass is 312 g/mol. The third-order valence-corrected chi connectivity index (χ3v) is 3.14. The number of H-pyrrole nitrogens is 1. The first-order chi connectivity index (χ1) is 10.8. The number of nitrogens with one attached hydrogen (secondary N) is 1. The Kier molecular flexibility index (Phi) is 4.14. The number of carbonyl (C=O) groups is 1. The third-order valence-electron chi connectivity index (χ3n) is 3.14. The molecule has 0 aliphatic rings. The Hall–Kier alpha value is -3.60. The van der Waals surface area contributed by atoms with Crippen LogP contribution in [0.5, 0.6) is 11.6 Å². The highest BCUT2D eigenvalue weighted by Crippen LogP contribution is 2.23. The predicted molar refractivity (Wildman–Crippen MR) is 78.3 cm³/mol. The van der Waals surface area contributed by atoms with Gasteiger partial charge in [-0.3, -0.25) is 14.8 Å². The summed E-state index contributed by atoms with van der Waals surface area (Å²) >= 11 is 0. The van der Waals surface area contributed by atoms with Crippen molar-refractivity contribution in [2.24, 2.45) is 4.99 Å². The Morgan fingerprint density at radius 3 is 2.74 bits per heavy atom. The number of hydrogen-bond donors (Lipinski definition) is 3. The van der Waals surface area contributed by atoms with Gasteiger partial charge in [-0.05, 0) is 30.7 Å². The molecular formula is C15H10N3O5-. The van der Waals surface area contributed by atoms with Gasteiger partial charge in [-0.15, -0.1) is 0 Å². The fourth-order valence-electron chi connectivity index (χ4n) is 1.92. The summed E-state index contributed by atoms with van der Waals surface area (Å²) in [7, 11) is 0. The van der Waals surface area contributed by atoms with E-state index in [4.69, 9.17) is 10.4 Å². The fraction of sp³-hybridized carbons (Fsp3) is 0.0667. The normalized spacial score (nSPS) is 10.6. The number of aromatic amines is 1. The van der Waals surface area contributed by atoms with Crippen LogP contribution in [0.25, 0.3) is 0 Å². The lowest BCUT2D eigenvalue weighted by Gasteiger charge is -2.10. The molecule has 1 aromatic heterocycles. The molecule has 1 aromatic carbocycles. The molecule has 1 heterocycles. The third kappa shape index (κ3) is 3.03. The van der Waals surface area contributed by atoms with Crippen molar-refractivity contribution < 1.29 is 20.1 Å². The first-order valence-corrected chi connectivity index (χ1v) is 6.29. The van der Waals surface area contributed by atoms with Crippen LogP contribution >= 0.6 is 0 Å². The van der Waals surface area contributed by atoms with E-state index in [-0.39, 0.29) is 27.9 Å². The average Bonchev–Trinajstić information content (AvgIpc) is 2.46. The lowest BCUT2D eigenvalue weighted by Crippen LogP contribution is -2.14. The van der Waals surface area contributed by atoms with Crippen molar-refractivity contribution in [3.8, 4) is 17.7 Å². The van der Waals surface area contributed by atoms with Crippen LogP contribution in [0.4, 0.5) is 5.69 Å². The zero-order valence-corrected chi connectivity index (χ0v) is 11.8. The van der Waals surface area contributed by atoms with Crippen LogP contribution in [-0.4, -0.2) is 27.4 Å². The number of nitriles is 1. The first kappa shape index (κ1) is 15.8. The Morgan fingerprint density at radius 2 is 2.17 bits per heavy atom. The summed E-state index contributed by atoms with van der Waals surface area (Å²) < 4.78 is 0. The quantitative estimate of drug-likeness (QED) is 0.713. The molecule has 0 amide bonds. The molecule has 0 fully saturated rings. The molecule has 23 heavy (non-hydrogen) atoms. The van der Waals surface area contributed by atoms with Crippen LogP contribution in [0.1, 0.15) is 27.0 Å². The number of aromatic hydroxyl groups is 1. The minimum Gasteiger partial charge on any atom is -0.872 e. The zero-order valence-electron chi connectivity index (χ0n) is 11.8. The zero-order chi connectivity index (χ0) is 17.1. The van der Waals surface area contributed by atoms with E-state index in [2.05, 4.69) is 9.98 Å². The highest BCUT2D eigenvalue weighted by Gasteiger charge is 2.12. The van der Waals surface area contributed by atoms with Crippen LogP contribution in [0, 0.1) is 18.3 Å². The minimum absolute atomic E-state index is 0.121. The van der Waals surface area contributed by atoms with E-state index in [1.54, 1.807) is 6.07 Å². The van der Waals surface area contributed by atoms with Gasteiger partial charge in [0.2, 0.25) is 5.88 Å². The SMILES string of the molecule is Cc1c(C=Nc2ccc(C(=O)O)c([O-])c2)c(O)[nH]c(=O)c1C#N. The van der Waals surface area contributed by atoms with Gasteiger partial charge in [0.25, 0.3) is 5.56 Å². The van der Waals surface area contributed by atoms with Crippen molar-refractivity contribution in [3.05, 3.63) is 50.8 Å². The summed E-state index contributed by atoms with van der Waals surface area (Å²) in [5, 5.41) is 39.0. The summed E-state index contributed by atoms with van der Waals surface area (Å²) in [6.07, 6.45) is 1.18. The van der Waals surface area contributed by atoms with Crippen molar-refractivity contribution in [3.63, 3.8) is 0 Å². The van der Waals surface area contributed by atoms with Gasteiger partial charge in [-0.25, -0.2) is 4.79 Å². The van der Waals surface area contributed by atoms with Gasteiger partial charge in [-0.1, -0.05) is 5.75 Å². The maximum atomic E-state index is 11.6. The highest BCUT2D eigenvalue weighted by atomic mass is 16.4. The molecule has 3 N–H and O–H groups in total. The Balaban J connectivity index is 2.46. The van der Waals surface area contributed by atoms with Gasteiger partial charge >= 0.3 is 5.97 Å². The fourth-order valence-corrected chi connectivity index (χ4v) is 1.92. The molecule has 0 unspecified atom stereocenters. The number of pyridine rings is 1. The van der Waals surface area contributed by atoms with Gasteiger partial charge in [0, 0.05) is 6.21 Å². The molecule has 0 atom stereocenters. The van der Waals surface area contributed by atoms with Gasteiger partial charge in [0.05, 0.1) is 16.8 Å². The second kappa shape index (κ2) is 6.03. The maximum absolute atomic E-state index is 11.6. The molecule has 0 aliphatic heterocycles. The van der Waals surface area contributed by atoms with Gasteiger partial charge in [0.1, 0.15) is 11.6 Å². The molecule has 116 valence electrons. The largest absolute Gasteiger partial charge is 0.872 e. The number of nitrogens with zero attached hydrogens (tertiary/aromatic N) is 2. The summed E-state index contributed by atoms with van der Waals surface area (Å²) in [5.41, 5.74) is -0.720. The number of carboxylic acids is 1. The Labute approximate surface area is 129 Å². The lowest BCUT2D eigenvalue weighted by atomic mass is 10.1. The van der Waals surface area contributed by atoms with E-state index >= 15 is 0 Å². The molecule has 0 saturated heterocycles. The number of aliphatic imine (C=N–C) groups is 1. The smallest absolute Gasteiger partial charge is 0.335 e. The Morgan fingerprint density at radius 1 is 1.48 bits per heavy atom. The van der Waals surface area contributed by atoms with E-state index in [0.29, 0.717) is 0 Å². The first-order valence-electron chi connectivity index (χ1n) is 6.29. The van der Waals surface area contributed by atoms with Crippen LogP contribution in [-0.2, 0) is 0 Å². The average molecular weight is 312 g/mol. The molecule has 0 radical (unpaired) electrons. The summed E-state index contributed by atoms with van der Waals surface area (Å²) in [6, 6.07) is 5.20. The second-order valence-corrected chi connectivity index (χ2v) is 4.57. The number of aromatic nitrogens is 1. The van der Waals surface area contributed by atoms with Gasteiger partial charge < -0.3 is 15.3 Å². The molecule has 0 bridgehead atoms. The number of aromatic carboxylic acids is 1. The van der Waals surface area contributed by atoms with Crippen molar-refractivity contribution in [1.29, 1.82) is 5.26 Å². The lowest BCUT2D eigenvalue weighted by molar-refractivity contribution is -0.268. The topological polar surface area (TPSA) is 150 Å². The highest BCUT2D eigenvalue weighted by molar-refractivity contribution is 5.92. The molecule has 2 aromatic rings. The van der Waals surface area contributed by atoms with E-state index in [0.717, 1.165) is 12.1 Å². The number of carboxylic acid groups (broad SMARTS) is 1. The summed E-state index contributed by atoms with van der Waals surface area (Å²) in [4.78, 5) is 28.3. The van der Waals surface area contributed by atoms with Crippen molar-refractivity contribution in [2.75, 3.05) is 0 Å². The maximum Gasteiger partial charge on any atom is 0.335 e. The summed E-state index contributed by atoms with van der Waals surface area (Å²) in [6.45, 7) is 1.47. The van der Waals surface area contributed by atoms with Crippen LogP contribution in [0.15, 0.2) is 28.0 Å². The van der Waals surface area contributed by atoms with Crippen LogP contribution in [0.3, 0.4) is 0 Å². The number of hydrogen-bond acceptors (Lipinski definition) is 6. The van der Waals surface area contributed by atoms with E-state index in [9.17, 15) is 19.8 Å². The molecule has 2 rings (SSSR count). The van der Waals surface area contributed by atoms with Crippen molar-refractivity contribution >= 4 is 17.9 Å². The predicted octanol–water partition coefficient (Wildman–Crippen LogP) is 0.783. The van der Waals surface area contributed by atoms with Gasteiger partial charge in [0.15, 0.2) is 0 Å². The molecule has 0 aliphatic carbocycles. The van der Waals surface area contributed by atoms with Crippen LogP contribution < -0.4 is 10.7 Å². The molecule has 0 saturated carbocycles. The Bertz CT molecular complexity index is 922. The van der Waals surface area contributed by atoms with E-state index < -0.39 is 23.2 Å². The number of benzene rings is 1. The second-order valence-electron chi connectivity index (χ2n) is 4.57. The van der Waals surface area contributed by atoms with E-state index in [1.165, 1.54) is 19.2 Å².